The molecule has 0 aliphatic carbocycles. The summed E-state index contributed by atoms with van der Waals surface area (Å²) in [6.07, 6.45) is -1.36. The van der Waals surface area contributed by atoms with Gasteiger partial charge in [0.25, 0.3) is 0 Å². The summed E-state index contributed by atoms with van der Waals surface area (Å²) in [6, 6.07) is 12.5. The average Bonchev–Trinajstić information content (AvgIpc) is 2.95. The molecule has 0 amide bonds. The van der Waals surface area contributed by atoms with Crippen LogP contribution in [0.4, 0.5) is 4.79 Å². The average molecular weight is 586 g/mol. The molecule has 2 aromatic carbocycles. The molecular weight excluding hydrogens is 542 g/mol. The predicted octanol–water partition coefficient (Wildman–Crippen LogP) is 5.36. The van der Waals surface area contributed by atoms with Gasteiger partial charge in [-0.15, -0.1) is 0 Å². The number of benzene rings is 2. The topological polar surface area (TPSA) is 126 Å². The van der Waals surface area contributed by atoms with Crippen LogP contribution < -0.4 is 19.5 Å². The fourth-order valence-corrected chi connectivity index (χ4v) is 3.53. The monoisotopic (exact) mass is 585 g/mol. The lowest BCUT2D eigenvalue weighted by molar-refractivity contribution is -0.143. The van der Waals surface area contributed by atoms with Crippen molar-refractivity contribution >= 4 is 24.1 Å². The zero-order valence-corrected chi connectivity index (χ0v) is 25.7. The van der Waals surface area contributed by atoms with Crippen molar-refractivity contribution in [1.82, 2.24) is 5.32 Å². The standard InChI is InChI=1S/C32H43NO9/c1-19(2)22(6)29(34)41-27-15-14-24(17-28(27)42-30(35)23(7)20(3)4)16-26(31(36)38-8)33-18-21(5)39-32(37)40-25-12-10-9-11-13-25/h9-15,17,19-23,26,33H,16,18H2,1-8H3/t21?,22?,23?,26-/m0/s1. The van der Waals surface area contributed by atoms with Crippen molar-refractivity contribution in [2.45, 2.75) is 67.0 Å². The van der Waals surface area contributed by atoms with E-state index in [0.29, 0.717) is 11.3 Å². The van der Waals surface area contributed by atoms with Gasteiger partial charge in [-0.1, -0.05) is 65.8 Å². The Morgan fingerprint density at radius 1 is 0.714 bits per heavy atom. The summed E-state index contributed by atoms with van der Waals surface area (Å²) in [5.74, 6) is -1.58. The molecule has 0 bridgehead atoms. The fraction of sp³-hybridized carbons (Fsp3) is 0.500. The zero-order chi connectivity index (χ0) is 31.4. The third-order valence-electron chi connectivity index (χ3n) is 6.99. The molecule has 0 spiro atoms. The van der Waals surface area contributed by atoms with E-state index in [0.717, 1.165) is 0 Å². The largest absolute Gasteiger partial charge is 0.514 e. The molecule has 0 saturated heterocycles. The molecule has 10 heteroatoms. The maximum absolute atomic E-state index is 12.8. The van der Waals surface area contributed by atoms with E-state index in [1.54, 1.807) is 69.3 Å². The predicted molar refractivity (Wildman–Crippen MR) is 156 cm³/mol. The Balaban J connectivity index is 2.18. The lowest BCUT2D eigenvalue weighted by Crippen LogP contribution is -2.43. The Labute approximate surface area is 248 Å². The van der Waals surface area contributed by atoms with Crippen molar-refractivity contribution in [3.8, 4) is 17.2 Å². The van der Waals surface area contributed by atoms with Crippen LogP contribution in [0.2, 0.25) is 0 Å². The number of ether oxygens (including phenoxy) is 5. The van der Waals surface area contributed by atoms with Crippen molar-refractivity contribution in [3.63, 3.8) is 0 Å². The van der Waals surface area contributed by atoms with E-state index in [2.05, 4.69) is 5.32 Å². The molecule has 230 valence electrons. The third kappa shape index (κ3) is 10.8. The highest BCUT2D eigenvalue weighted by Crippen LogP contribution is 2.31. The lowest BCUT2D eigenvalue weighted by Gasteiger charge is -2.21. The Kier molecular flexibility index (Phi) is 13.5. The van der Waals surface area contributed by atoms with Crippen molar-refractivity contribution < 1.29 is 42.9 Å². The van der Waals surface area contributed by atoms with E-state index in [-0.39, 0.29) is 42.2 Å². The van der Waals surface area contributed by atoms with Crippen molar-refractivity contribution in [1.29, 1.82) is 0 Å². The van der Waals surface area contributed by atoms with Gasteiger partial charge in [-0.25, -0.2) is 4.79 Å². The number of methoxy groups -OCH3 is 1. The summed E-state index contributed by atoms with van der Waals surface area (Å²) in [5, 5.41) is 3.06. The van der Waals surface area contributed by atoms with Crippen LogP contribution in [0, 0.1) is 23.7 Å². The van der Waals surface area contributed by atoms with E-state index >= 15 is 0 Å². The summed E-state index contributed by atoms with van der Waals surface area (Å²) in [7, 11) is 1.27. The number of hydrogen-bond donors (Lipinski definition) is 1. The van der Waals surface area contributed by atoms with Crippen LogP contribution >= 0.6 is 0 Å². The van der Waals surface area contributed by atoms with Gasteiger partial charge in [-0.3, -0.25) is 14.4 Å². The molecule has 42 heavy (non-hydrogen) atoms. The minimum Gasteiger partial charge on any atom is -0.468 e. The number of nitrogens with one attached hydrogen (secondary N) is 1. The van der Waals surface area contributed by atoms with Gasteiger partial charge < -0.3 is 29.0 Å². The van der Waals surface area contributed by atoms with E-state index < -0.39 is 42.1 Å². The van der Waals surface area contributed by atoms with E-state index in [9.17, 15) is 19.2 Å². The van der Waals surface area contributed by atoms with E-state index in [1.807, 2.05) is 27.7 Å². The molecule has 2 rings (SSSR count). The van der Waals surface area contributed by atoms with Crippen molar-refractivity contribution in [2.24, 2.45) is 23.7 Å². The van der Waals surface area contributed by atoms with Gasteiger partial charge >= 0.3 is 24.1 Å². The summed E-state index contributed by atoms with van der Waals surface area (Å²) in [5.41, 5.74) is 0.617. The first-order valence-electron chi connectivity index (χ1n) is 14.1. The van der Waals surface area contributed by atoms with Crippen molar-refractivity contribution in [3.05, 3.63) is 54.1 Å². The molecule has 10 nitrogen and oxygen atoms in total. The Morgan fingerprint density at radius 3 is 1.83 bits per heavy atom. The second-order valence-electron chi connectivity index (χ2n) is 11.0. The lowest BCUT2D eigenvalue weighted by atomic mass is 9.98. The van der Waals surface area contributed by atoms with Gasteiger partial charge in [-0.2, -0.15) is 0 Å². The molecule has 0 aliphatic heterocycles. The quantitative estimate of drug-likeness (QED) is 0.176. The molecule has 0 fully saturated rings. The number of carbonyl (C=O) groups is 4. The zero-order valence-electron chi connectivity index (χ0n) is 25.7. The molecule has 0 radical (unpaired) electrons. The van der Waals surface area contributed by atoms with Crippen molar-refractivity contribution in [2.75, 3.05) is 13.7 Å². The van der Waals surface area contributed by atoms with Gasteiger partial charge in [0.15, 0.2) is 11.5 Å². The van der Waals surface area contributed by atoms with E-state index in [4.69, 9.17) is 23.7 Å². The highest BCUT2D eigenvalue weighted by molar-refractivity contribution is 5.79. The van der Waals surface area contributed by atoms with Crippen LogP contribution in [0.15, 0.2) is 48.5 Å². The molecular formula is C32H43NO9. The Morgan fingerprint density at radius 2 is 1.29 bits per heavy atom. The van der Waals surface area contributed by atoms with Crippen LogP contribution in [0.3, 0.4) is 0 Å². The van der Waals surface area contributed by atoms with Crippen LogP contribution in [0.25, 0.3) is 0 Å². The van der Waals surface area contributed by atoms with Crippen LogP contribution in [-0.4, -0.2) is 49.9 Å². The number of esters is 3. The second kappa shape index (κ2) is 16.5. The highest BCUT2D eigenvalue weighted by Gasteiger charge is 2.26. The van der Waals surface area contributed by atoms with Crippen LogP contribution in [0.1, 0.15) is 54.0 Å². The molecule has 3 unspecified atom stereocenters. The van der Waals surface area contributed by atoms with Gasteiger partial charge in [0.1, 0.15) is 17.9 Å². The SMILES string of the molecule is COC(=O)[C@H](Cc1ccc(OC(=O)C(C)C(C)C)c(OC(=O)C(C)C(C)C)c1)NCC(C)OC(=O)Oc1ccccc1. The molecule has 0 aromatic heterocycles. The minimum absolute atomic E-state index is 0.0368. The van der Waals surface area contributed by atoms with E-state index in [1.165, 1.54) is 7.11 Å². The molecule has 2 aromatic rings. The maximum atomic E-state index is 12.8. The normalized spacial score (nSPS) is 14.0. The number of hydrogen-bond acceptors (Lipinski definition) is 10. The van der Waals surface area contributed by atoms with Crippen LogP contribution in [-0.2, 0) is 30.3 Å². The summed E-state index contributed by atoms with van der Waals surface area (Å²) < 4.78 is 26.7. The fourth-order valence-electron chi connectivity index (χ4n) is 3.53. The molecule has 0 saturated carbocycles. The first kappa shape index (κ1) is 34.3. The smallest absolute Gasteiger partial charge is 0.468 e. The first-order valence-corrected chi connectivity index (χ1v) is 14.1. The minimum atomic E-state index is -0.871. The van der Waals surface area contributed by atoms with Gasteiger partial charge in [-0.05, 0) is 55.0 Å². The summed E-state index contributed by atoms with van der Waals surface area (Å²) >= 11 is 0. The highest BCUT2D eigenvalue weighted by atomic mass is 16.7. The first-order chi connectivity index (χ1) is 19.8. The molecule has 0 aliphatic rings. The summed E-state index contributed by atoms with van der Waals surface area (Å²) in [4.78, 5) is 50.2. The Bertz CT molecular complexity index is 1200. The number of para-hydroxylation sites is 1. The van der Waals surface area contributed by atoms with Gasteiger partial charge in [0.2, 0.25) is 0 Å². The molecule has 4 atom stereocenters. The summed E-state index contributed by atoms with van der Waals surface area (Å²) in [6.45, 7) is 13.0. The second-order valence-corrected chi connectivity index (χ2v) is 11.0. The third-order valence-corrected chi connectivity index (χ3v) is 6.99. The van der Waals surface area contributed by atoms with Gasteiger partial charge in [0, 0.05) is 6.54 Å². The Hall–Kier alpha value is -3.92. The number of rotatable bonds is 14. The number of carbonyl (C=O) groups excluding carboxylic acids is 4. The maximum Gasteiger partial charge on any atom is 0.514 e. The molecule has 0 heterocycles. The van der Waals surface area contributed by atoms with Crippen LogP contribution in [0.5, 0.6) is 17.2 Å². The van der Waals surface area contributed by atoms with Gasteiger partial charge in [0.05, 0.1) is 18.9 Å². The molecule has 1 N–H and O–H groups in total.